The lowest BCUT2D eigenvalue weighted by Crippen LogP contribution is -2.12. The van der Waals surface area contributed by atoms with E-state index in [2.05, 4.69) is 21.9 Å². The lowest BCUT2D eigenvalue weighted by molar-refractivity contribution is -0.137. The highest BCUT2D eigenvalue weighted by Gasteiger charge is 2.29. The van der Waals surface area contributed by atoms with E-state index in [-0.39, 0.29) is 12.1 Å². The summed E-state index contributed by atoms with van der Waals surface area (Å²) in [5, 5.41) is 5.90. The molecule has 0 atom stereocenters. The second kappa shape index (κ2) is 6.74. The third-order valence-electron chi connectivity index (χ3n) is 2.06. The molecule has 0 aromatic heterocycles. The molecule has 7 heteroatoms. The van der Waals surface area contributed by atoms with E-state index in [1.54, 1.807) is 6.92 Å². The summed E-state index contributed by atoms with van der Waals surface area (Å²) in [6.07, 6.45) is -3.22. The molecule has 0 aliphatic rings. The first-order valence-corrected chi connectivity index (χ1v) is 5.60. The number of oxime groups is 1. The van der Waals surface area contributed by atoms with Gasteiger partial charge in [-0.2, -0.15) is 13.2 Å². The fourth-order valence-corrected chi connectivity index (χ4v) is 1.20. The largest absolute Gasteiger partial charge is 0.416 e. The van der Waals surface area contributed by atoms with E-state index in [1.807, 2.05) is 0 Å². The summed E-state index contributed by atoms with van der Waals surface area (Å²) in [7, 11) is 0. The van der Waals surface area contributed by atoms with Crippen molar-refractivity contribution < 1.29 is 22.8 Å². The van der Waals surface area contributed by atoms with Crippen LogP contribution in [0.25, 0.3) is 0 Å². The van der Waals surface area contributed by atoms with Gasteiger partial charge in [0.15, 0.2) is 0 Å². The summed E-state index contributed by atoms with van der Waals surface area (Å²) in [4.78, 5) is 16.1. The van der Waals surface area contributed by atoms with Crippen LogP contribution in [0.5, 0.6) is 0 Å². The molecule has 108 valence electrons. The van der Waals surface area contributed by atoms with Crippen LogP contribution in [0, 0.1) is 0 Å². The second-order valence-electron chi connectivity index (χ2n) is 3.91. The molecule has 20 heavy (non-hydrogen) atoms. The van der Waals surface area contributed by atoms with E-state index in [4.69, 9.17) is 0 Å². The number of alkyl halides is 3. The molecule has 1 amide bonds. The maximum atomic E-state index is 12.3. The minimum absolute atomic E-state index is 0.0612. The second-order valence-corrected chi connectivity index (χ2v) is 3.91. The number of carbonyl (C=O) groups is 1. The molecule has 0 bridgehead atoms. The van der Waals surface area contributed by atoms with Crippen LogP contribution in [0.15, 0.2) is 41.8 Å². The van der Waals surface area contributed by atoms with E-state index < -0.39 is 17.6 Å². The minimum Gasteiger partial charge on any atom is -0.363 e. The Morgan fingerprint density at radius 1 is 1.40 bits per heavy atom. The van der Waals surface area contributed by atoms with Crippen LogP contribution >= 0.6 is 0 Å². The zero-order valence-corrected chi connectivity index (χ0v) is 10.7. The molecule has 0 radical (unpaired) electrons. The molecule has 0 unspecified atom stereocenters. The summed E-state index contributed by atoms with van der Waals surface area (Å²) in [6.45, 7) is 5.04. The lowest BCUT2D eigenvalue weighted by atomic mass is 10.2. The Balaban J connectivity index is 2.50. The van der Waals surface area contributed by atoms with Crippen molar-refractivity contribution >= 4 is 17.8 Å². The Kier molecular flexibility index (Phi) is 5.31. The number of hydrogen-bond donors (Lipinski definition) is 1. The van der Waals surface area contributed by atoms with Crippen LogP contribution < -0.4 is 5.32 Å². The van der Waals surface area contributed by atoms with Gasteiger partial charge in [0, 0.05) is 5.69 Å². The van der Waals surface area contributed by atoms with Gasteiger partial charge in [-0.05, 0) is 31.2 Å². The van der Waals surface area contributed by atoms with Crippen molar-refractivity contribution in [1.29, 1.82) is 0 Å². The average molecular weight is 286 g/mol. The zero-order chi connectivity index (χ0) is 15.2. The summed E-state index contributed by atoms with van der Waals surface area (Å²) in [5.41, 5.74) is -0.496. The fourth-order valence-electron chi connectivity index (χ4n) is 1.20. The van der Waals surface area contributed by atoms with Crippen molar-refractivity contribution in [2.24, 2.45) is 5.16 Å². The van der Waals surface area contributed by atoms with Gasteiger partial charge in [-0.3, -0.25) is 4.79 Å². The van der Waals surface area contributed by atoms with Gasteiger partial charge >= 0.3 is 6.18 Å². The van der Waals surface area contributed by atoms with Gasteiger partial charge in [-0.25, -0.2) is 0 Å². The van der Waals surface area contributed by atoms with Gasteiger partial charge in [-0.1, -0.05) is 11.7 Å². The highest BCUT2D eigenvalue weighted by molar-refractivity contribution is 5.98. The number of rotatable bonds is 5. The summed E-state index contributed by atoms with van der Waals surface area (Å²) in [6, 6.07) is 4.16. The first kappa shape index (κ1) is 15.7. The molecule has 0 spiro atoms. The molecular weight excluding hydrogens is 273 g/mol. The van der Waals surface area contributed by atoms with Crippen molar-refractivity contribution in [3.8, 4) is 0 Å². The Labute approximate surface area is 113 Å². The van der Waals surface area contributed by atoms with Crippen molar-refractivity contribution in [3.05, 3.63) is 42.2 Å². The van der Waals surface area contributed by atoms with Gasteiger partial charge in [0.05, 0.1) is 18.2 Å². The fraction of sp³-hybridized carbons (Fsp3) is 0.231. The van der Waals surface area contributed by atoms with E-state index in [1.165, 1.54) is 18.3 Å². The third-order valence-corrected chi connectivity index (χ3v) is 2.06. The SMILES string of the molecule is C=C(C)O/N=C\CC(=O)Nc1ccc(C(F)(F)F)cc1. The summed E-state index contributed by atoms with van der Waals surface area (Å²) >= 11 is 0. The Hall–Kier alpha value is -2.31. The number of anilines is 1. The lowest BCUT2D eigenvalue weighted by Gasteiger charge is -2.08. The van der Waals surface area contributed by atoms with Crippen LogP contribution in [-0.2, 0) is 15.8 Å². The Morgan fingerprint density at radius 2 is 2.00 bits per heavy atom. The van der Waals surface area contributed by atoms with Gasteiger partial charge in [0.2, 0.25) is 5.91 Å². The number of nitrogens with zero attached hydrogens (tertiary/aromatic N) is 1. The monoisotopic (exact) mass is 286 g/mol. The third kappa shape index (κ3) is 5.55. The number of nitrogens with one attached hydrogen (secondary N) is 1. The van der Waals surface area contributed by atoms with Crippen molar-refractivity contribution in [1.82, 2.24) is 0 Å². The Bertz CT molecular complexity index is 507. The smallest absolute Gasteiger partial charge is 0.363 e. The normalized spacial score (nSPS) is 11.4. The molecule has 1 N–H and O–H groups in total. The summed E-state index contributed by atoms with van der Waals surface area (Å²) < 4.78 is 37.0. The highest BCUT2D eigenvalue weighted by Crippen LogP contribution is 2.29. The van der Waals surface area contributed by atoms with E-state index in [9.17, 15) is 18.0 Å². The molecule has 4 nitrogen and oxygen atoms in total. The molecule has 0 aliphatic heterocycles. The van der Waals surface area contributed by atoms with Crippen LogP contribution in [0.2, 0.25) is 0 Å². The maximum Gasteiger partial charge on any atom is 0.416 e. The van der Waals surface area contributed by atoms with Gasteiger partial charge < -0.3 is 10.2 Å². The summed E-state index contributed by atoms with van der Waals surface area (Å²) in [5.74, 6) is -0.0387. The molecule has 0 aliphatic carbocycles. The molecular formula is C13H13F3N2O2. The maximum absolute atomic E-state index is 12.3. The van der Waals surface area contributed by atoms with Gasteiger partial charge in [-0.15, -0.1) is 0 Å². The van der Waals surface area contributed by atoms with Crippen molar-refractivity contribution in [2.75, 3.05) is 5.32 Å². The van der Waals surface area contributed by atoms with Crippen molar-refractivity contribution in [2.45, 2.75) is 19.5 Å². The number of amides is 1. The standard InChI is InChI=1S/C13H13F3N2O2/c1-9(2)20-17-8-7-12(19)18-11-5-3-10(4-6-11)13(14,15)16/h3-6,8H,1,7H2,2H3,(H,18,19)/b17-8-. The van der Waals surface area contributed by atoms with Crippen LogP contribution in [0.1, 0.15) is 18.9 Å². The number of hydrogen-bond acceptors (Lipinski definition) is 3. The molecule has 1 aromatic rings. The average Bonchev–Trinajstić information content (AvgIpc) is 2.34. The van der Waals surface area contributed by atoms with E-state index >= 15 is 0 Å². The zero-order valence-electron chi connectivity index (χ0n) is 10.7. The van der Waals surface area contributed by atoms with Crippen LogP contribution in [-0.4, -0.2) is 12.1 Å². The van der Waals surface area contributed by atoms with E-state index in [0.29, 0.717) is 5.76 Å². The molecule has 0 heterocycles. The topological polar surface area (TPSA) is 50.7 Å². The molecule has 0 saturated carbocycles. The molecule has 0 fully saturated rings. The quantitative estimate of drug-likeness (QED) is 0.511. The molecule has 0 saturated heterocycles. The Morgan fingerprint density at radius 3 is 2.50 bits per heavy atom. The number of carbonyl (C=O) groups excluding carboxylic acids is 1. The minimum atomic E-state index is -4.39. The van der Waals surface area contributed by atoms with E-state index in [0.717, 1.165) is 12.1 Å². The number of allylic oxidation sites excluding steroid dienone is 1. The van der Waals surface area contributed by atoms with Crippen LogP contribution in [0.4, 0.5) is 18.9 Å². The predicted molar refractivity (Wildman–Crippen MR) is 69.1 cm³/mol. The van der Waals surface area contributed by atoms with Gasteiger partial charge in [0.25, 0.3) is 0 Å². The number of halogens is 3. The number of benzene rings is 1. The molecule has 1 aromatic carbocycles. The predicted octanol–water partition coefficient (Wildman–Crippen LogP) is 3.57. The molecule has 1 rings (SSSR count). The van der Waals surface area contributed by atoms with Gasteiger partial charge in [0.1, 0.15) is 5.76 Å². The first-order valence-electron chi connectivity index (χ1n) is 5.60. The van der Waals surface area contributed by atoms with Crippen LogP contribution in [0.3, 0.4) is 0 Å². The highest BCUT2D eigenvalue weighted by atomic mass is 19.4. The van der Waals surface area contributed by atoms with Crippen molar-refractivity contribution in [3.63, 3.8) is 0 Å². The first-order chi connectivity index (χ1) is 9.29.